The van der Waals surface area contributed by atoms with Crippen LogP contribution < -0.4 is 0 Å². The van der Waals surface area contributed by atoms with Crippen LogP contribution in [0.25, 0.3) is 0 Å². The second-order valence-corrected chi connectivity index (χ2v) is 7.58. The molecule has 22 heavy (non-hydrogen) atoms. The van der Waals surface area contributed by atoms with Crippen molar-refractivity contribution in [3.05, 3.63) is 8.47 Å². The molecule has 16 heteroatoms. The van der Waals surface area contributed by atoms with Crippen molar-refractivity contribution in [3.63, 3.8) is 0 Å². The highest BCUT2D eigenvalue weighted by Crippen LogP contribution is 2.57. The summed E-state index contributed by atoms with van der Waals surface area (Å²) in [5.74, 6) is 0. The van der Waals surface area contributed by atoms with Gasteiger partial charge in [0, 0.05) is 0 Å². The molecule has 0 unspecified atom stereocenters. The van der Waals surface area contributed by atoms with Crippen LogP contribution in [0.5, 0.6) is 0 Å². The monoisotopic (exact) mass is 428 g/mol. The van der Waals surface area contributed by atoms with Gasteiger partial charge in [-0.15, -0.1) is 0 Å². The maximum Gasteiger partial charge on any atom is 0.446 e. The molecule has 0 aromatic rings. The van der Waals surface area contributed by atoms with E-state index in [1.807, 2.05) is 0 Å². The normalized spacial score (nSPS) is 14.2. The fraction of sp³-hybridized carbons (Fsp3) is 0.667. The molecule has 0 heterocycles. The molecule has 0 fully saturated rings. The van der Waals surface area contributed by atoms with Crippen molar-refractivity contribution in [1.29, 1.82) is 0 Å². The average molecular weight is 428 g/mol. The van der Waals surface area contributed by atoms with Crippen LogP contribution >= 0.6 is 47.0 Å². The van der Waals surface area contributed by atoms with Crippen molar-refractivity contribution < 1.29 is 52.7 Å². The SMILES string of the molecule is FC(F)(F)SC(SC(F)(F)F)=C(SC(F)(F)F)SC(F)(F)F. The molecule has 0 radical (unpaired) electrons. The van der Waals surface area contributed by atoms with Gasteiger partial charge in [0.25, 0.3) is 0 Å². The predicted octanol–water partition coefficient (Wildman–Crippen LogP) is 7.13. The van der Waals surface area contributed by atoms with E-state index < -0.39 is 77.6 Å². The summed E-state index contributed by atoms with van der Waals surface area (Å²) in [5, 5.41) is 0. The molecule has 0 N–H and O–H groups in total. The van der Waals surface area contributed by atoms with E-state index in [0.717, 1.165) is 0 Å². The molecule has 0 bridgehead atoms. The Labute approximate surface area is 130 Å². The summed E-state index contributed by atoms with van der Waals surface area (Å²) >= 11 is -6.80. The van der Waals surface area contributed by atoms with E-state index in [1.54, 1.807) is 0 Å². The number of hydrogen-bond donors (Lipinski definition) is 0. The van der Waals surface area contributed by atoms with Gasteiger partial charge >= 0.3 is 22.0 Å². The zero-order valence-corrected chi connectivity index (χ0v) is 12.4. The quantitative estimate of drug-likeness (QED) is 0.437. The molecule has 0 saturated carbocycles. The van der Waals surface area contributed by atoms with Crippen molar-refractivity contribution in [2.45, 2.75) is 22.0 Å². The molecule has 0 atom stereocenters. The Hall–Kier alpha value is 0.300. The molecule has 0 aromatic heterocycles. The van der Waals surface area contributed by atoms with Gasteiger partial charge in [-0.1, -0.05) is 0 Å². The fourth-order valence-corrected chi connectivity index (χ4v) is 4.27. The standard InChI is InChI=1S/C6F12S4/c7-3(8,9)19-1(20-4(10,11)12)2(21-5(13,14)15)22-6(16,17)18. The van der Waals surface area contributed by atoms with Gasteiger partial charge in [-0.2, -0.15) is 52.7 Å². The van der Waals surface area contributed by atoms with Gasteiger partial charge < -0.3 is 0 Å². The van der Waals surface area contributed by atoms with Gasteiger partial charge in [-0.25, -0.2) is 0 Å². The molecule has 0 spiro atoms. The number of hydrogen-bond acceptors (Lipinski definition) is 4. The topological polar surface area (TPSA) is 0 Å². The Balaban J connectivity index is 5.81. The van der Waals surface area contributed by atoms with Crippen LogP contribution in [0, 0.1) is 0 Å². The van der Waals surface area contributed by atoms with Gasteiger partial charge in [-0.3, -0.25) is 0 Å². The first kappa shape index (κ1) is 22.3. The Kier molecular flexibility index (Phi) is 7.56. The molecular weight excluding hydrogens is 428 g/mol. The minimum absolute atomic E-state index is 1.70. The lowest BCUT2D eigenvalue weighted by atomic mass is 11.2. The zero-order chi connectivity index (χ0) is 18.0. The number of halogens is 12. The van der Waals surface area contributed by atoms with E-state index in [-0.39, 0.29) is 0 Å². The lowest BCUT2D eigenvalue weighted by molar-refractivity contribution is -0.0353. The van der Waals surface area contributed by atoms with Crippen LogP contribution in [0.3, 0.4) is 0 Å². The summed E-state index contributed by atoms with van der Waals surface area (Å²) in [4.78, 5) is 0. The second-order valence-electron chi connectivity index (χ2n) is 2.77. The highest BCUT2D eigenvalue weighted by atomic mass is 32.2. The molecule has 0 aromatic carbocycles. The Morgan fingerprint density at radius 2 is 0.500 bits per heavy atom. The molecule has 0 nitrogen and oxygen atoms in total. The van der Waals surface area contributed by atoms with Crippen molar-refractivity contribution in [2.24, 2.45) is 0 Å². The summed E-state index contributed by atoms with van der Waals surface area (Å²) in [7, 11) is 0. The van der Waals surface area contributed by atoms with Crippen LogP contribution in [0.4, 0.5) is 52.7 Å². The molecular formula is C6F12S4. The van der Waals surface area contributed by atoms with E-state index in [1.165, 1.54) is 0 Å². The van der Waals surface area contributed by atoms with Gasteiger partial charge in [0.05, 0.1) is 8.47 Å². The highest BCUT2D eigenvalue weighted by molar-refractivity contribution is 8.28. The van der Waals surface area contributed by atoms with Gasteiger partial charge in [0.2, 0.25) is 0 Å². The minimum atomic E-state index is -5.50. The third-order valence-corrected chi connectivity index (χ3v) is 5.00. The highest BCUT2D eigenvalue weighted by Gasteiger charge is 2.44. The molecule has 0 rings (SSSR count). The van der Waals surface area contributed by atoms with E-state index in [2.05, 4.69) is 0 Å². The third-order valence-electron chi connectivity index (χ3n) is 1.00. The lowest BCUT2D eigenvalue weighted by Gasteiger charge is -2.18. The van der Waals surface area contributed by atoms with Crippen molar-refractivity contribution in [2.75, 3.05) is 0 Å². The number of rotatable bonds is 4. The summed E-state index contributed by atoms with van der Waals surface area (Å²) < 4.78 is 140. The van der Waals surface area contributed by atoms with Crippen molar-refractivity contribution in [1.82, 2.24) is 0 Å². The summed E-state index contributed by atoms with van der Waals surface area (Å²) in [6.07, 6.45) is 0. The van der Waals surface area contributed by atoms with Crippen LogP contribution in [-0.4, -0.2) is 22.0 Å². The molecule has 0 aliphatic heterocycles. The van der Waals surface area contributed by atoms with Crippen LogP contribution in [0.15, 0.2) is 8.47 Å². The molecule has 0 aliphatic rings. The first-order chi connectivity index (χ1) is 9.38. The molecule has 0 saturated heterocycles. The van der Waals surface area contributed by atoms with Gasteiger partial charge in [-0.05, 0) is 47.0 Å². The van der Waals surface area contributed by atoms with E-state index in [9.17, 15) is 52.7 Å². The van der Waals surface area contributed by atoms with Crippen LogP contribution in [0.1, 0.15) is 0 Å². The number of alkyl halides is 12. The molecule has 132 valence electrons. The Morgan fingerprint density at radius 3 is 0.591 bits per heavy atom. The molecule has 0 amide bonds. The summed E-state index contributed by atoms with van der Waals surface area (Å²) in [6, 6.07) is 0. The second kappa shape index (κ2) is 7.46. The summed E-state index contributed by atoms with van der Waals surface area (Å²) in [5.41, 5.74) is -22.0. The maximum absolute atomic E-state index is 12.1. The predicted molar refractivity (Wildman–Crippen MR) is 61.6 cm³/mol. The third kappa shape index (κ3) is 12.8. The van der Waals surface area contributed by atoms with E-state index in [0.29, 0.717) is 0 Å². The summed E-state index contributed by atoms with van der Waals surface area (Å²) in [6.45, 7) is 0. The van der Waals surface area contributed by atoms with Crippen LogP contribution in [0.2, 0.25) is 0 Å². The van der Waals surface area contributed by atoms with E-state index in [4.69, 9.17) is 0 Å². The lowest BCUT2D eigenvalue weighted by Crippen LogP contribution is -2.09. The maximum atomic E-state index is 12.1. The van der Waals surface area contributed by atoms with Crippen molar-refractivity contribution >= 4 is 47.0 Å². The zero-order valence-electron chi connectivity index (χ0n) is 9.17. The van der Waals surface area contributed by atoms with Crippen molar-refractivity contribution in [3.8, 4) is 0 Å². The van der Waals surface area contributed by atoms with E-state index >= 15 is 0 Å². The Bertz CT molecular complexity index is 324. The fourth-order valence-electron chi connectivity index (χ4n) is 0.629. The van der Waals surface area contributed by atoms with Gasteiger partial charge in [0.15, 0.2) is 0 Å². The average Bonchev–Trinajstić information content (AvgIpc) is 2.05. The largest absolute Gasteiger partial charge is 0.446 e. The Morgan fingerprint density at radius 1 is 0.364 bits per heavy atom. The molecule has 0 aliphatic carbocycles. The minimum Gasteiger partial charge on any atom is -0.160 e. The first-order valence-corrected chi connectivity index (χ1v) is 7.42. The van der Waals surface area contributed by atoms with Gasteiger partial charge in [0.1, 0.15) is 0 Å². The first-order valence-electron chi connectivity index (χ1n) is 4.15. The van der Waals surface area contributed by atoms with Crippen LogP contribution in [-0.2, 0) is 0 Å². The number of thioether (sulfide) groups is 4. The smallest absolute Gasteiger partial charge is 0.160 e.